The van der Waals surface area contributed by atoms with Crippen molar-refractivity contribution in [3.63, 3.8) is 0 Å². The van der Waals surface area contributed by atoms with Crippen molar-refractivity contribution in [1.82, 2.24) is 4.90 Å². The van der Waals surface area contributed by atoms with E-state index in [1.54, 1.807) is 6.20 Å². The molecule has 1 saturated carbocycles. The number of rotatable bonds is 5. The van der Waals surface area contributed by atoms with Crippen LogP contribution in [0.3, 0.4) is 0 Å². The molecular formula is C23H36FNO4. The zero-order chi connectivity index (χ0) is 23.3. The van der Waals surface area contributed by atoms with Gasteiger partial charge in [-0.15, -0.1) is 12.8 Å². The quantitative estimate of drug-likeness (QED) is 0.360. The summed E-state index contributed by atoms with van der Waals surface area (Å²) in [5, 5.41) is 16.7. The summed E-state index contributed by atoms with van der Waals surface area (Å²) in [5.41, 5.74) is 2.18. The average molecular weight is 410 g/mol. The molecule has 0 unspecified atom stereocenters. The Kier molecular flexibility index (Phi) is 21.2. The van der Waals surface area contributed by atoms with Gasteiger partial charge in [0.05, 0.1) is 0 Å². The van der Waals surface area contributed by atoms with Gasteiger partial charge in [-0.1, -0.05) is 45.4 Å². The largest absolute Gasteiger partial charge is 0.510 e. The van der Waals surface area contributed by atoms with Crippen molar-refractivity contribution >= 4 is 13.3 Å². The van der Waals surface area contributed by atoms with E-state index < -0.39 is 6.67 Å². The molecule has 0 bridgehead atoms. The third kappa shape index (κ3) is 12.3. The molecule has 0 aromatic carbocycles. The molecule has 0 saturated heterocycles. The number of allylic oxidation sites excluding steroid dienone is 3. The molecule has 2 aliphatic rings. The fourth-order valence-corrected chi connectivity index (χ4v) is 3.33. The number of aliphatic hydroxyl groups is 1. The van der Waals surface area contributed by atoms with Crippen LogP contribution >= 0.6 is 0 Å². The van der Waals surface area contributed by atoms with Crippen LogP contribution in [0.1, 0.15) is 52.9 Å². The second-order valence-corrected chi connectivity index (χ2v) is 6.12. The van der Waals surface area contributed by atoms with Gasteiger partial charge in [-0.05, 0) is 30.9 Å². The van der Waals surface area contributed by atoms with Crippen molar-refractivity contribution in [2.24, 2.45) is 5.41 Å². The van der Waals surface area contributed by atoms with Gasteiger partial charge in [0, 0.05) is 30.8 Å². The standard InChI is InChI=1S/C17H24FNO.C2H6.C2H2.CH2O2.CH2O/c1-14-10-16(20)12-19(11-14)13-17(7-3-4-8-17)15(2)6-5-9-18;2*1-2;2-1-3;1-2/h5-6,11-12,20H,2-4,7-10,13H2,1H3;1-2H3;1-2H;1H,(H,2,3);1H2/b6-5-;;;;. The number of carboxylic acid groups (broad SMARTS) is 1. The van der Waals surface area contributed by atoms with Crippen molar-refractivity contribution in [3.8, 4) is 12.8 Å². The lowest BCUT2D eigenvalue weighted by Crippen LogP contribution is -2.32. The third-order valence-electron chi connectivity index (χ3n) is 4.30. The Morgan fingerprint density at radius 1 is 1.28 bits per heavy atom. The summed E-state index contributed by atoms with van der Waals surface area (Å²) in [4.78, 5) is 18.4. The first kappa shape index (κ1) is 30.9. The highest BCUT2D eigenvalue weighted by Gasteiger charge is 2.37. The highest BCUT2D eigenvalue weighted by atomic mass is 19.1. The molecule has 1 aliphatic heterocycles. The number of hydrogen-bond acceptors (Lipinski definition) is 4. The predicted octanol–water partition coefficient (Wildman–Crippen LogP) is 5.43. The van der Waals surface area contributed by atoms with E-state index in [9.17, 15) is 9.50 Å². The molecule has 0 aromatic heterocycles. The van der Waals surface area contributed by atoms with E-state index in [0.717, 1.165) is 30.5 Å². The fraction of sp³-hybridized carbons (Fsp3) is 0.478. The van der Waals surface area contributed by atoms with E-state index in [1.807, 2.05) is 33.6 Å². The lowest BCUT2D eigenvalue weighted by atomic mass is 9.78. The van der Waals surface area contributed by atoms with Crippen LogP contribution in [-0.4, -0.2) is 41.6 Å². The van der Waals surface area contributed by atoms with Crippen LogP contribution in [-0.2, 0) is 9.59 Å². The monoisotopic (exact) mass is 409 g/mol. The van der Waals surface area contributed by atoms with Crippen LogP contribution in [0.5, 0.6) is 0 Å². The van der Waals surface area contributed by atoms with Crippen molar-refractivity contribution in [3.05, 3.63) is 48.0 Å². The Hall–Kier alpha value is -2.81. The average Bonchev–Trinajstić information content (AvgIpc) is 3.20. The van der Waals surface area contributed by atoms with Gasteiger partial charge in [-0.25, -0.2) is 4.39 Å². The fourth-order valence-electron chi connectivity index (χ4n) is 3.33. The molecule has 0 radical (unpaired) electrons. The maximum atomic E-state index is 12.3. The molecule has 0 amide bonds. The van der Waals surface area contributed by atoms with Gasteiger partial charge in [0.1, 0.15) is 19.2 Å². The number of carbonyl (C=O) groups excluding carboxylic acids is 1. The number of hydrogen-bond donors (Lipinski definition) is 2. The summed E-state index contributed by atoms with van der Waals surface area (Å²) < 4.78 is 12.3. The molecule has 5 nitrogen and oxygen atoms in total. The minimum absolute atomic E-state index is 0.0105. The number of aliphatic hydroxyl groups excluding tert-OH is 1. The first-order valence-corrected chi connectivity index (χ1v) is 9.42. The molecule has 0 atom stereocenters. The molecule has 29 heavy (non-hydrogen) atoms. The van der Waals surface area contributed by atoms with Crippen LogP contribution < -0.4 is 0 Å². The van der Waals surface area contributed by atoms with Crippen LogP contribution in [0.15, 0.2) is 48.0 Å². The number of alkyl halides is 1. The maximum absolute atomic E-state index is 12.3. The molecule has 2 N–H and O–H groups in total. The summed E-state index contributed by atoms with van der Waals surface area (Å²) in [5.74, 6) is 0.406. The third-order valence-corrected chi connectivity index (χ3v) is 4.30. The van der Waals surface area contributed by atoms with Gasteiger partial charge in [-0.2, -0.15) is 0 Å². The van der Waals surface area contributed by atoms with Gasteiger partial charge in [0.25, 0.3) is 6.47 Å². The molecule has 1 aliphatic carbocycles. The van der Waals surface area contributed by atoms with Gasteiger partial charge >= 0.3 is 0 Å². The van der Waals surface area contributed by atoms with Gasteiger partial charge < -0.3 is 19.9 Å². The normalized spacial score (nSPS) is 16.0. The van der Waals surface area contributed by atoms with Crippen LogP contribution in [0.2, 0.25) is 0 Å². The van der Waals surface area contributed by atoms with E-state index >= 15 is 0 Å². The van der Waals surface area contributed by atoms with E-state index in [4.69, 9.17) is 14.7 Å². The second-order valence-electron chi connectivity index (χ2n) is 6.12. The molecule has 0 aromatic rings. The summed E-state index contributed by atoms with van der Waals surface area (Å²) >= 11 is 0. The van der Waals surface area contributed by atoms with E-state index in [-0.39, 0.29) is 11.9 Å². The van der Waals surface area contributed by atoms with Crippen LogP contribution in [0.4, 0.5) is 4.39 Å². The van der Waals surface area contributed by atoms with Gasteiger partial charge in [0.2, 0.25) is 0 Å². The zero-order valence-electron chi connectivity index (χ0n) is 17.9. The highest BCUT2D eigenvalue weighted by molar-refractivity contribution is 5.32. The molecule has 164 valence electrons. The maximum Gasteiger partial charge on any atom is 0.290 e. The van der Waals surface area contributed by atoms with Gasteiger partial charge in [0.15, 0.2) is 0 Å². The molecule has 0 spiro atoms. The lowest BCUT2D eigenvalue weighted by Gasteiger charge is -2.35. The van der Waals surface area contributed by atoms with Gasteiger partial charge in [-0.3, -0.25) is 4.79 Å². The van der Waals surface area contributed by atoms with E-state index in [1.165, 1.54) is 18.9 Å². The molecule has 6 heteroatoms. The van der Waals surface area contributed by atoms with E-state index in [2.05, 4.69) is 30.5 Å². The smallest absolute Gasteiger partial charge is 0.290 e. The minimum atomic E-state index is -0.446. The SMILES string of the molecule is C#C.C=C(/C=C\CF)C1(CN2C=C(C)CC(O)=C2)CCCC1.C=O.CC.O=CO. The summed E-state index contributed by atoms with van der Waals surface area (Å²) in [6.45, 7) is 12.3. The topological polar surface area (TPSA) is 77.8 Å². The summed E-state index contributed by atoms with van der Waals surface area (Å²) in [6, 6.07) is 0. The van der Waals surface area contributed by atoms with Crippen molar-refractivity contribution in [2.45, 2.75) is 52.9 Å². The van der Waals surface area contributed by atoms with E-state index in [0.29, 0.717) is 12.2 Å². The summed E-state index contributed by atoms with van der Waals surface area (Å²) in [7, 11) is 0. The second kappa shape index (κ2) is 19.9. The summed E-state index contributed by atoms with van der Waals surface area (Å²) in [6.07, 6.45) is 20.4. The zero-order valence-corrected chi connectivity index (χ0v) is 17.9. The Morgan fingerprint density at radius 3 is 2.17 bits per heavy atom. The molecule has 2 rings (SSSR count). The Morgan fingerprint density at radius 2 is 1.76 bits per heavy atom. The number of terminal acetylenes is 1. The Labute approximate surface area is 175 Å². The number of halogens is 1. The van der Waals surface area contributed by atoms with Crippen LogP contribution in [0, 0.1) is 18.3 Å². The number of carbonyl (C=O) groups is 2. The van der Waals surface area contributed by atoms with Crippen molar-refractivity contribution in [1.29, 1.82) is 0 Å². The molecule has 1 heterocycles. The first-order chi connectivity index (χ1) is 14.0. The Balaban J connectivity index is -0.000000656. The lowest BCUT2D eigenvalue weighted by molar-refractivity contribution is -0.122. The molecular weight excluding hydrogens is 373 g/mol. The Bertz CT molecular complexity index is 540. The minimum Gasteiger partial charge on any atom is -0.510 e. The van der Waals surface area contributed by atoms with Crippen molar-refractivity contribution in [2.75, 3.05) is 13.2 Å². The number of nitrogens with zero attached hydrogens (tertiary/aromatic N) is 1. The molecule has 1 fully saturated rings. The predicted molar refractivity (Wildman–Crippen MR) is 118 cm³/mol. The van der Waals surface area contributed by atoms with Crippen molar-refractivity contribution < 1.29 is 24.2 Å². The van der Waals surface area contributed by atoms with Crippen LogP contribution in [0.25, 0.3) is 0 Å². The first-order valence-electron chi connectivity index (χ1n) is 9.42. The highest BCUT2D eigenvalue weighted by Crippen LogP contribution is 2.45.